The van der Waals surface area contributed by atoms with Gasteiger partial charge in [0.1, 0.15) is 0 Å². The lowest BCUT2D eigenvalue weighted by Gasteiger charge is -2.41. The summed E-state index contributed by atoms with van der Waals surface area (Å²) in [6.45, 7) is 0.737. The second-order valence-electron chi connectivity index (χ2n) is 6.02. The molecule has 0 saturated carbocycles. The molecule has 1 saturated heterocycles. The number of carbonyl (C=O) groups excluding carboxylic acids is 1. The van der Waals surface area contributed by atoms with Crippen LogP contribution in [0.1, 0.15) is 46.7 Å². The molecule has 0 aliphatic carbocycles. The zero-order valence-corrected chi connectivity index (χ0v) is 13.0. The van der Waals surface area contributed by atoms with Gasteiger partial charge in [0, 0.05) is 18.1 Å². The summed E-state index contributed by atoms with van der Waals surface area (Å²) in [4.78, 5) is 11.8. The maximum absolute atomic E-state index is 11.8. The van der Waals surface area contributed by atoms with Crippen molar-refractivity contribution in [2.75, 3.05) is 19.0 Å². The van der Waals surface area contributed by atoms with Crippen LogP contribution in [0.5, 0.6) is 0 Å². The van der Waals surface area contributed by atoms with Crippen molar-refractivity contribution in [3.63, 3.8) is 0 Å². The van der Waals surface area contributed by atoms with Gasteiger partial charge < -0.3 is 19.2 Å². The van der Waals surface area contributed by atoms with Gasteiger partial charge in [0.25, 0.3) is 0 Å². The second-order valence-corrected chi connectivity index (χ2v) is 6.02. The van der Waals surface area contributed by atoms with Crippen molar-refractivity contribution in [3.8, 4) is 0 Å². The third-order valence-corrected chi connectivity index (χ3v) is 4.70. The first kappa shape index (κ1) is 14.3. The molecule has 1 fully saturated rings. The van der Waals surface area contributed by atoms with Gasteiger partial charge >= 0.3 is 5.97 Å². The molecule has 4 rings (SSSR count). The fourth-order valence-electron chi connectivity index (χ4n) is 3.64. The van der Waals surface area contributed by atoms with E-state index in [0.29, 0.717) is 11.8 Å². The molecular formula is C18H19NO4. The van der Waals surface area contributed by atoms with Crippen molar-refractivity contribution < 1.29 is 18.7 Å². The molecule has 1 aromatic carbocycles. The summed E-state index contributed by atoms with van der Waals surface area (Å²) in [5.74, 6) is 0.681. The summed E-state index contributed by atoms with van der Waals surface area (Å²) >= 11 is 0. The van der Waals surface area contributed by atoms with Crippen LogP contribution in [0.25, 0.3) is 0 Å². The quantitative estimate of drug-likeness (QED) is 0.857. The van der Waals surface area contributed by atoms with Gasteiger partial charge in [-0.2, -0.15) is 0 Å². The summed E-state index contributed by atoms with van der Waals surface area (Å²) in [5.41, 5.74) is 2.12. The molecule has 0 radical (unpaired) electrons. The minimum atomic E-state index is -0.468. The minimum Gasteiger partial charge on any atom is -0.463 e. The molecule has 2 aromatic rings. The summed E-state index contributed by atoms with van der Waals surface area (Å²) < 4.78 is 16.5. The van der Waals surface area contributed by atoms with E-state index in [0.717, 1.165) is 25.0 Å². The molecule has 2 aliphatic rings. The van der Waals surface area contributed by atoms with Crippen LogP contribution in [0.15, 0.2) is 40.8 Å². The van der Waals surface area contributed by atoms with Gasteiger partial charge in [-0.1, -0.05) is 30.3 Å². The molecule has 0 amide bonds. The lowest BCUT2D eigenvalue weighted by molar-refractivity contribution is -0.0388. The Kier molecular flexibility index (Phi) is 3.58. The van der Waals surface area contributed by atoms with Crippen molar-refractivity contribution in [1.29, 1.82) is 0 Å². The van der Waals surface area contributed by atoms with E-state index < -0.39 is 5.97 Å². The van der Waals surface area contributed by atoms with Gasteiger partial charge in [-0.05, 0) is 24.5 Å². The van der Waals surface area contributed by atoms with E-state index in [-0.39, 0.29) is 17.9 Å². The largest absolute Gasteiger partial charge is 0.463 e. The Labute approximate surface area is 134 Å². The molecule has 0 spiro atoms. The van der Waals surface area contributed by atoms with Crippen LogP contribution in [0.4, 0.5) is 5.88 Å². The van der Waals surface area contributed by atoms with E-state index in [4.69, 9.17) is 13.9 Å². The highest BCUT2D eigenvalue weighted by Crippen LogP contribution is 2.50. The number of anilines is 1. The van der Waals surface area contributed by atoms with Crippen molar-refractivity contribution in [2.24, 2.45) is 5.92 Å². The number of ether oxygens (including phenoxy) is 2. The molecule has 3 atom stereocenters. The van der Waals surface area contributed by atoms with Crippen LogP contribution in [-0.2, 0) is 9.47 Å². The number of benzene rings is 1. The van der Waals surface area contributed by atoms with Crippen molar-refractivity contribution >= 4 is 11.9 Å². The number of fused-ring (bicyclic) bond motifs is 3. The molecule has 1 aromatic heterocycles. The fourth-order valence-corrected chi connectivity index (χ4v) is 3.64. The number of nitrogens with one attached hydrogen (secondary N) is 1. The highest BCUT2D eigenvalue weighted by Gasteiger charge is 2.42. The number of methoxy groups -OCH3 is 1. The Morgan fingerprint density at radius 1 is 1.30 bits per heavy atom. The average molecular weight is 313 g/mol. The third kappa shape index (κ3) is 2.41. The molecule has 23 heavy (non-hydrogen) atoms. The first-order valence-corrected chi connectivity index (χ1v) is 7.93. The Bertz CT molecular complexity index is 709. The van der Waals surface area contributed by atoms with E-state index in [1.807, 2.05) is 18.2 Å². The van der Waals surface area contributed by atoms with Crippen LogP contribution in [0.2, 0.25) is 0 Å². The van der Waals surface area contributed by atoms with E-state index in [1.54, 1.807) is 6.07 Å². The van der Waals surface area contributed by atoms with Crippen LogP contribution in [0.3, 0.4) is 0 Å². The van der Waals surface area contributed by atoms with E-state index >= 15 is 0 Å². The van der Waals surface area contributed by atoms with Gasteiger partial charge in [0.2, 0.25) is 5.76 Å². The molecule has 120 valence electrons. The van der Waals surface area contributed by atoms with E-state index in [1.165, 1.54) is 12.7 Å². The van der Waals surface area contributed by atoms with Gasteiger partial charge in [0.15, 0.2) is 5.88 Å². The van der Waals surface area contributed by atoms with Gasteiger partial charge in [-0.25, -0.2) is 4.79 Å². The first-order valence-electron chi connectivity index (χ1n) is 7.93. The van der Waals surface area contributed by atoms with Crippen molar-refractivity contribution in [1.82, 2.24) is 0 Å². The molecule has 1 N–H and O–H groups in total. The van der Waals surface area contributed by atoms with Gasteiger partial charge in [-0.3, -0.25) is 0 Å². The highest BCUT2D eigenvalue weighted by molar-refractivity contribution is 5.87. The highest BCUT2D eigenvalue weighted by atomic mass is 16.5. The summed E-state index contributed by atoms with van der Waals surface area (Å²) in [6, 6.07) is 12.2. The fraction of sp³-hybridized carbons (Fsp3) is 0.389. The van der Waals surface area contributed by atoms with Crippen LogP contribution < -0.4 is 5.32 Å². The Hall–Kier alpha value is -2.27. The maximum Gasteiger partial charge on any atom is 0.374 e. The monoisotopic (exact) mass is 313 g/mol. The minimum absolute atomic E-state index is 0.0487. The molecule has 3 unspecified atom stereocenters. The third-order valence-electron chi connectivity index (χ3n) is 4.70. The summed E-state index contributed by atoms with van der Waals surface area (Å²) in [6.07, 6.45) is 2.07. The van der Waals surface area contributed by atoms with Crippen molar-refractivity contribution in [3.05, 3.63) is 53.3 Å². The zero-order valence-electron chi connectivity index (χ0n) is 13.0. The molecule has 5 heteroatoms. The number of hydrogen-bond donors (Lipinski definition) is 1. The molecule has 5 nitrogen and oxygen atoms in total. The Morgan fingerprint density at radius 2 is 2.13 bits per heavy atom. The predicted molar refractivity (Wildman–Crippen MR) is 84.3 cm³/mol. The van der Waals surface area contributed by atoms with Crippen LogP contribution >= 0.6 is 0 Å². The normalized spacial score (nSPS) is 25.9. The first-order chi connectivity index (χ1) is 11.3. The summed E-state index contributed by atoms with van der Waals surface area (Å²) in [7, 11) is 1.35. The maximum atomic E-state index is 11.8. The number of rotatable bonds is 2. The van der Waals surface area contributed by atoms with Crippen LogP contribution in [-0.4, -0.2) is 19.7 Å². The SMILES string of the molecule is COC(=O)c1cc2c(o1)NC(c1ccccc1)C1CCCOC21. The average Bonchev–Trinajstić information content (AvgIpc) is 3.05. The number of hydrogen-bond acceptors (Lipinski definition) is 5. The number of esters is 1. The lowest BCUT2D eigenvalue weighted by Crippen LogP contribution is -2.35. The van der Waals surface area contributed by atoms with E-state index in [2.05, 4.69) is 17.4 Å². The Morgan fingerprint density at radius 3 is 2.91 bits per heavy atom. The number of furan rings is 1. The van der Waals surface area contributed by atoms with E-state index in [9.17, 15) is 4.79 Å². The smallest absolute Gasteiger partial charge is 0.374 e. The Balaban J connectivity index is 1.75. The number of carbonyl (C=O) groups is 1. The van der Waals surface area contributed by atoms with Gasteiger partial charge in [-0.15, -0.1) is 0 Å². The topological polar surface area (TPSA) is 60.7 Å². The second kappa shape index (κ2) is 5.74. The predicted octanol–water partition coefficient (Wildman–Crippen LogP) is 3.70. The standard InChI is InChI=1S/C18H19NO4/c1-21-18(20)14-10-13-16-12(8-5-9-22-16)15(19-17(13)23-14)11-6-3-2-4-7-11/h2-4,6-7,10,12,15-16,19H,5,8-9H2,1H3. The lowest BCUT2D eigenvalue weighted by atomic mass is 9.79. The van der Waals surface area contributed by atoms with Crippen LogP contribution in [0, 0.1) is 5.92 Å². The molecular weight excluding hydrogens is 294 g/mol. The molecule has 3 heterocycles. The summed E-state index contributed by atoms with van der Waals surface area (Å²) in [5, 5.41) is 3.46. The van der Waals surface area contributed by atoms with Gasteiger partial charge in [0.05, 0.1) is 19.3 Å². The molecule has 2 aliphatic heterocycles. The zero-order chi connectivity index (χ0) is 15.8. The molecule has 0 bridgehead atoms. The van der Waals surface area contributed by atoms with Crippen molar-refractivity contribution in [2.45, 2.75) is 25.0 Å².